The quantitative estimate of drug-likeness (QED) is 0.815. The average molecular weight is 262 g/mol. The standard InChI is InChI=1S/C8H12BrN3O2/c1-14-4-6(3-13)12-8-7(9)2-10-5-11-8/h2,5-6,13H,3-4H2,1H3,(H,10,11,12). The molecule has 1 unspecified atom stereocenters. The number of methoxy groups -OCH3 is 1. The number of nitrogens with one attached hydrogen (secondary N) is 1. The number of aliphatic hydroxyl groups excluding tert-OH is 1. The topological polar surface area (TPSA) is 67.3 Å². The largest absolute Gasteiger partial charge is 0.394 e. The second kappa shape index (κ2) is 5.90. The molecule has 1 rings (SSSR count). The molecule has 0 amide bonds. The molecule has 0 aromatic carbocycles. The van der Waals surface area contributed by atoms with Crippen molar-refractivity contribution in [3.8, 4) is 0 Å². The van der Waals surface area contributed by atoms with Gasteiger partial charge in [-0.2, -0.15) is 0 Å². The maximum absolute atomic E-state index is 9.01. The van der Waals surface area contributed by atoms with Crippen molar-refractivity contribution in [3.63, 3.8) is 0 Å². The predicted octanol–water partition coefficient (Wildman–Crippen LogP) is 0.658. The van der Waals surface area contributed by atoms with Gasteiger partial charge in [0.05, 0.1) is 23.7 Å². The van der Waals surface area contributed by atoms with Crippen molar-refractivity contribution >= 4 is 21.7 Å². The summed E-state index contributed by atoms with van der Waals surface area (Å²) in [5, 5.41) is 12.0. The zero-order valence-corrected chi connectivity index (χ0v) is 9.36. The molecule has 1 aromatic rings. The Morgan fingerprint density at radius 1 is 1.71 bits per heavy atom. The molecule has 14 heavy (non-hydrogen) atoms. The number of nitrogens with zero attached hydrogens (tertiary/aromatic N) is 2. The highest BCUT2D eigenvalue weighted by atomic mass is 79.9. The lowest BCUT2D eigenvalue weighted by Gasteiger charge is -2.16. The minimum Gasteiger partial charge on any atom is -0.394 e. The van der Waals surface area contributed by atoms with Crippen LogP contribution >= 0.6 is 15.9 Å². The van der Waals surface area contributed by atoms with Crippen LogP contribution in [-0.2, 0) is 4.74 Å². The normalized spacial score (nSPS) is 12.5. The molecule has 0 aliphatic carbocycles. The molecular formula is C8H12BrN3O2. The molecule has 0 radical (unpaired) electrons. The number of rotatable bonds is 5. The Kier molecular flexibility index (Phi) is 4.78. The highest BCUT2D eigenvalue weighted by molar-refractivity contribution is 9.10. The molecule has 1 aromatic heterocycles. The molecule has 1 heterocycles. The van der Waals surface area contributed by atoms with E-state index in [1.807, 2.05) is 0 Å². The summed E-state index contributed by atoms with van der Waals surface area (Å²) in [6, 6.07) is -0.161. The van der Waals surface area contributed by atoms with Gasteiger partial charge in [-0.1, -0.05) is 0 Å². The van der Waals surface area contributed by atoms with E-state index in [0.717, 1.165) is 4.47 Å². The van der Waals surface area contributed by atoms with Gasteiger partial charge in [-0.3, -0.25) is 0 Å². The van der Waals surface area contributed by atoms with Crippen molar-refractivity contribution in [1.29, 1.82) is 0 Å². The van der Waals surface area contributed by atoms with Gasteiger partial charge < -0.3 is 15.2 Å². The van der Waals surface area contributed by atoms with Crippen molar-refractivity contribution in [3.05, 3.63) is 17.0 Å². The third-order valence-corrected chi connectivity index (χ3v) is 2.18. The Balaban J connectivity index is 2.62. The molecular weight excluding hydrogens is 250 g/mol. The zero-order chi connectivity index (χ0) is 10.4. The lowest BCUT2D eigenvalue weighted by atomic mass is 10.3. The SMILES string of the molecule is COCC(CO)Nc1ncncc1Br. The summed E-state index contributed by atoms with van der Waals surface area (Å²) in [6.45, 7) is 0.414. The first kappa shape index (κ1) is 11.4. The maximum Gasteiger partial charge on any atom is 0.144 e. The van der Waals surface area contributed by atoms with Gasteiger partial charge in [-0.15, -0.1) is 0 Å². The smallest absolute Gasteiger partial charge is 0.144 e. The fraction of sp³-hybridized carbons (Fsp3) is 0.500. The van der Waals surface area contributed by atoms with Gasteiger partial charge >= 0.3 is 0 Å². The van der Waals surface area contributed by atoms with E-state index in [1.165, 1.54) is 6.33 Å². The van der Waals surface area contributed by atoms with Crippen LogP contribution in [0.4, 0.5) is 5.82 Å². The molecule has 0 aliphatic rings. The molecule has 0 saturated heterocycles. The van der Waals surface area contributed by atoms with Gasteiger partial charge in [0.25, 0.3) is 0 Å². The Morgan fingerprint density at radius 3 is 3.07 bits per heavy atom. The van der Waals surface area contributed by atoms with Gasteiger partial charge in [0.1, 0.15) is 12.1 Å². The monoisotopic (exact) mass is 261 g/mol. The maximum atomic E-state index is 9.01. The van der Waals surface area contributed by atoms with Crippen molar-refractivity contribution < 1.29 is 9.84 Å². The molecule has 78 valence electrons. The predicted molar refractivity (Wildman–Crippen MR) is 56.1 cm³/mol. The number of aromatic nitrogens is 2. The summed E-state index contributed by atoms with van der Waals surface area (Å²) >= 11 is 3.30. The summed E-state index contributed by atoms with van der Waals surface area (Å²) in [5.41, 5.74) is 0. The van der Waals surface area contributed by atoms with Gasteiger partial charge in [-0.05, 0) is 15.9 Å². The molecule has 1 atom stereocenters. The number of halogens is 1. The number of ether oxygens (including phenoxy) is 1. The number of hydrogen-bond donors (Lipinski definition) is 2. The van der Waals surface area contributed by atoms with Crippen LogP contribution in [0.5, 0.6) is 0 Å². The lowest BCUT2D eigenvalue weighted by Crippen LogP contribution is -2.29. The fourth-order valence-electron chi connectivity index (χ4n) is 0.953. The van der Waals surface area contributed by atoms with Gasteiger partial charge in [0.2, 0.25) is 0 Å². The second-order valence-electron chi connectivity index (χ2n) is 2.70. The molecule has 0 fully saturated rings. The van der Waals surface area contributed by atoms with E-state index in [4.69, 9.17) is 9.84 Å². The van der Waals surface area contributed by atoms with Crippen LogP contribution in [0.3, 0.4) is 0 Å². The zero-order valence-electron chi connectivity index (χ0n) is 7.77. The van der Waals surface area contributed by atoms with Crippen LogP contribution in [0.25, 0.3) is 0 Å². The summed E-state index contributed by atoms with van der Waals surface area (Å²) in [7, 11) is 1.58. The van der Waals surface area contributed by atoms with E-state index in [9.17, 15) is 0 Å². The van der Waals surface area contributed by atoms with Crippen molar-refractivity contribution in [2.45, 2.75) is 6.04 Å². The summed E-state index contributed by atoms with van der Waals surface area (Å²) < 4.78 is 5.68. The van der Waals surface area contributed by atoms with Gasteiger partial charge in [0, 0.05) is 13.3 Å². The van der Waals surface area contributed by atoms with Gasteiger partial charge in [0.15, 0.2) is 0 Å². The Hall–Kier alpha value is -0.720. The van der Waals surface area contributed by atoms with Crippen molar-refractivity contribution in [1.82, 2.24) is 9.97 Å². The third-order valence-electron chi connectivity index (χ3n) is 1.60. The molecule has 0 bridgehead atoms. The van der Waals surface area contributed by atoms with Gasteiger partial charge in [-0.25, -0.2) is 9.97 Å². The summed E-state index contributed by atoms with van der Waals surface area (Å²) in [5.74, 6) is 0.649. The first-order valence-corrected chi connectivity index (χ1v) is 4.89. The van der Waals surface area contributed by atoms with E-state index in [2.05, 4.69) is 31.2 Å². The summed E-state index contributed by atoms with van der Waals surface area (Å²) in [6.07, 6.45) is 3.07. The van der Waals surface area contributed by atoms with E-state index in [-0.39, 0.29) is 12.6 Å². The number of aliphatic hydroxyl groups is 1. The number of hydrogen-bond acceptors (Lipinski definition) is 5. The Morgan fingerprint density at radius 2 is 2.50 bits per heavy atom. The molecule has 0 aliphatic heterocycles. The Bertz CT molecular complexity index is 285. The van der Waals surface area contributed by atoms with Crippen LogP contribution in [0.1, 0.15) is 0 Å². The first-order chi connectivity index (χ1) is 6.77. The highest BCUT2D eigenvalue weighted by Gasteiger charge is 2.09. The Labute approximate surface area is 90.7 Å². The lowest BCUT2D eigenvalue weighted by molar-refractivity contribution is 0.153. The first-order valence-electron chi connectivity index (χ1n) is 4.09. The minimum atomic E-state index is -0.161. The van der Waals surface area contributed by atoms with Crippen LogP contribution in [0.2, 0.25) is 0 Å². The van der Waals surface area contributed by atoms with Crippen LogP contribution in [-0.4, -0.2) is 41.4 Å². The molecule has 0 saturated carbocycles. The molecule has 2 N–H and O–H groups in total. The van der Waals surface area contributed by atoms with Crippen molar-refractivity contribution in [2.75, 3.05) is 25.6 Å². The van der Waals surface area contributed by atoms with Crippen LogP contribution < -0.4 is 5.32 Å². The highest BCUT2D eigenvalue weighted by Crippen LogP contribution is 2.17. The third kappa shape index (κ3) is 3.21. The fourth-order valence-corrected chi connectivity index (χ4v) is 1.29. The second-order valence-corrected chi connectivity index (χ2v) is 3.55. The van der Waals surface area contributed by atoms with Crippen LogP contribution in [0, 0.1) is 0 Å². The molecule has 5 nitrogen and oxygen atoms in total. The van der Waals surface area contributed by atoms with E-state index in [0.29, 0.717) is 12.4 Å². The summed E-state index contributed by atoms with van der Waals surface area (Å²) in [4.78, 5) is 7.84. The van der Waals surface area contributed by atoms with E-state index >= 15 is 0 Å². The number of anilines is 1. The van der Waals surface area contributed by atoms with E-state index < -0.39 is 0 Å². The van der Waals surface area contributed by atoms with Crippen LogP contribution in [0.15, 0.2) is 17.0 Å². The minimum absolute atomic E-state index is 0.00964. The molecule has 0 spiro atoms. The van der Waals surface area contributed by atoms with Crippen molar-refractivity contribution in [2.24, 2.45) is 0 Å². The molecule has 6 heteroatoms. The average Bonchev–Trinajstić information content (AvgIpc) is 2.20. The van der Waals surface area contributed by atoms with E-state index in [1.54, 1.807) is 13.3 Å².